The van der Waals surface area contributed by atoms with E-state index in [0.29, 0.717) is 6.07 Å². The number of carbonyl (C=O) groups excluding carboxylic acids is 2. The maximum absolute atomic E-state index is 13.7. The Bertz CT molecular complexity index is 897. The molecule has 1 heterocycles. The maximum atomic E-state index is 13.7. The molecule has 0 spiro atoms. The summed E-state index contributed by atoms with van der Waals surface area (Å²) < 4.78 is 26.7. The summed E-state index contributed by atoms with van der Waals surface area (Å²) in [4.78, 5) is 27.8. The second-order valence-electron chi connectivity index (χ2n) is 7.69. The van der Waals surface area contributed by atoms with Gasteiger partial charge in [-0.25, -0.2) is 8.78 Å². The number of hydrogen-bond donors (Lipinski definition) is 3. The minimum atomic E-state index is -0.987. The van der Waals surface area contributed by atoms with Gasteiger partial charge in [-0.15, -0.1) is 0 Å². The summed E-state index contributed by atoms with van der Waals surface area (Å²) in [5.41, 5.74) is 1.93. The van der Waals surface area contributed by atoms with E-state index in [1.165, 1.54) is 4.90 Å². The molecule has 0 bridgehead atoms. The highest BCUT2D eigenvalue weighted by molar-refractivity contribution is 6.39. The van der Waals surface area contributed by atoms with Gasteiger partial charge in [-0.3, -0.25) is 9.59 Å². The second kappa shape index (κ2) is 9.67. The molecule has 2 aromatic rings. The largest absolute Gasteiger partial charge is 0.378 e. The van der Waals surface area contributed by atoms with Crippen molar-refractivity contribution in [1.29, 1.82) is 0 Å². The average molecular weight is 417 g/mol. The molecular formula is C22H27F2N4O2+. The number of amides is 2. The van der Waals surface area contributed by atoms with Gasteiger partial charge >= 0.3 is 11.8 Å². The lowest BCUT2D eigenvalue weighted by Crippen LogP contribution is -3.11. The fourth-order valence-corrected chi connectivity index (χ4v) is 3.73. The molecule has 1 atom stereocenters. The van der Waals surface area contributed by atoms with Crippen LogP contribution in [0.2, 0.25) is 0 Å². The number of quaternary nitrogens is 1. The summed E-state index contributed by atoms with van der Waals surface area (Å²) in [5, 5.41) is 4.85. The topological polar surface area (TPSA) is 65.9 Å². The maximum Gasteiger partial charge on any atom is 0.313 e. The van der Waals surface area contributed by atoms with Gasteiger partial charge in [-0.1, -0.05) is 12.1 Å². The van der Waals surface area contributed by atoms with Crippen LogP contribution in [0.1, 0.15) is 24.4 Å². The molecule has 0 aliphatic carbocycles. The Labute approximate surface area is 174 Å². The number of nitrogens with zero attached hydrogens (tertiary/aromatic N) is 1. The molecule has 1 saturated heterocycles. The van der Waals surface area contributed by atoms with Gasteiger partial charge in [0, 0.05) is 44.3 Å². The van der Waals surface area contributed by atoms with Crippen LogP contribution in [-0.4, -0.2) is 45.5 Å². The quantitative estimate of drug-likeness (QED) is 0.625. The van der Waals surface area contributed by atoms with E-state index in [0.717, 1.165) is 49.3 Å². The number of rotatable bonds is 6. The summed E-state index contributed by atoms with van der Waals surface area (Å²) in [6, 6.07) is 10.9. The predicted octanol–water partition coefficient (Wildman–Crippen LogP) is 1.51. The highest BCUT2D eigenvalue weighted by atomic mass is 19.1. The monoisotopic (exact) mass is 417 g/mol. The number of halogens is 2. The van der Waals surface area contributed by atoms with Crippen molar-refractivity contribution >= 4 is 23.2 Å². The molecule has 3 N–H and O–H groups in total. The van der Waals surface area contributed by atoms with E-state index in [9.17, 15) is 18.4 Å². The molecule has 0 unspecified atom stereocenters. The van der Waals surface area contributed by atoms with Crippen LogP contribution in [0.5, 0.6) is 0 Å². The third kappa shape index (κ3) is 5.33. The van der Waals surface area contributed by atoms with E-state index in [1.807, 2.05) is 43.3 Å². The van der Waals surface area contributed by atoms with Crippen LogP contribution >= 0.6 is 0 Å². The summed E-state index contributed by atoms with van der Waals surface area (Å²) in [6.45, 7) is 2.29. The van der Waals surface area contributed by atoms with E-state index in [1.54, 1.807) is 0 Å². The molecule has 8 heteroatoms. The summed E-state index contributed by atoms with van der Waals surface area (Å²) in [7, 11) is 3.95. The molecule has 2 amide bonds. The van der Waals surface area contributed by atoms with Gasteiger partial charge in [0.1, 0.15) is 17.7 Å². The summed E-state index contributed by atoms with van der Waals surface area (Å²) >= 11 is 0. The van der Waals surface area contributed by atoms with E-state index < -0.39 is 23.4 Å². The zero-order chi connectivity index (χ0) is 21.7. The van der Waals surface area contributed by atoms with Gasteiger partial charge in [-0.05, 0) is 24.3 Å². The first-order valence-electron chi connectivity index (χ1n) is 10.0. The molecule has 1 fully saturated rings. The van der Waals surface area contributed by atoms with Crippen molar-refractivity contribution in [2.45, 2.75) is 18.9 Å². The zero-order valence-corrected chi connectivity index (χ0v) is 17.2. The lowest BCUT2D eigenvalue weighted by Gasteiger charge is -2.25. The molecule has 2 aromatic carbocycles. The number of likely N-dealkylation sites (tertiary alicyclic amines) is 1. The zero-order valence-electron chi connectivity index (χ0n) is 17.2. The second-order valence-corrected chi connectivity index (χ2v) is 7.69. The first-order chi connectivity index (χ1) is 14.3. The van der Waals surface area contributed by atoms with Crippen LogP contribution in [0.4, 0.5) is 20.2 Å². The molecule has 0 radical (unpaired) electrons. The van der Waals surface area contributed by atoms with Crippen LogP contribution in [0.25, 0.3) is 0 Å². The summed E-state index contributed by atoms with van der Waals surface area (Å²) in [5.74, 6) is -3.53. The SMILES string of the molecule is CN(C)c1ccc([C@H](CNC(=O)C(=O)Nc2ccc(F)cc2F)[NH+]2CCCC2)cc1. The lowest BCUT2D eigenvalue weighted by atomic mass is 10.0. The highest BCUT2D eigenvalue weighted by Gasteiger charge is 2.28. The van der Waals surface area contributed by atoms with Gasteiger partial charge in [0.2, 0.25) is 0 Å². The highest BCUT2D eigenvalue weighted by Crippen LogP contribution is 2.17. The first kappa shape index (κ1) is 21.7. The molecule has 3 rings (SSSR count). The number of anilines is 2. The number of nitrogens with one attached hydrogen (secondary N) is 3. The number of hydrogen-bond acceptors (Lipinski definition) is 3. The van der Waals surface area contributed by atoms with Crippen LogP contribution in [0.15, 0.2) is 42.5 Å². The third-order valence-electron chi connectivity index (χ3n) is 5.40. The van der Waals surface area contributed by atoms with Gasteiger partial charge in [0.15, 0.2) is 0 Å². The lowest BCUT2D eigenvalue weighted by molar-refractivity contribution is -0.918. The Morgan fingerprint density at radius 1 is 1.03 bits per heavy atom. The fraction of sp³-hybridized carbons (Fsp3) is 0.364. The smallest absolute Gasteiger partial charge is 0.313 e. The van der Waals surface area contributed by atoms with E-state index in [2.05, 4.69) is 10.6 Å². The van der Waals surface area contributed by atoms with Crippen molar-refractivity contribution < 1.29 is 23.3 Å². The molecule has 30 heavy (non-hydrogen) atoms. The van der Waals surface area contributed by atoms with Gasteiger partial charge in [0.05, 0.1) is 25.3 Å². The Morgan fingerprint density at radius 2 is 1.70 bits per heavy atom. The minimum Gasteiger partial charge on any atom is -0.378 e. The van der Waals surface area contributed by atoms with Gasteiger partial charge < -0.3 is 20.4 Å². The minimum absolute atomic E-state index is 0.0167. The van der Waals surface area contributed by atoms with Crippen molar-refractivity contribution in [1.82, 2.24) is 5.32 Å². The number of carbonyl (C=O) groups is 2. The predicted molar refractivity (Wildman–Crippen MR) is 111 cm³/mol. The van der Waals surface area contributed by atoms with Crippen LogP contribution in [0, 0.1) is 11.6 Å². The van der Waals surface area contributed by atoms with E-state index in [4.69, 9.17) is 0 Å². The Morgan fingerprint density at radius 3 is 2.30 bits per heavy atom. The van der Waals surface area contributed by atoms with Crippen molar-refractivity contribution in [3.63, 3.8) is 0 Å². The first-order valence-corrected chi connectivity index (χ1v) is 10.0. The molecule has 160 valence electrons. The molecule has 1 aliphatic heterocycles. The van der Waals surface area contributed by atoms with Gasteiger partial charge in [-0.2, -0.15) is 0 Å². The van der Waals surface area contributed by atoms with Crippen molar-refractivity contribution in [2.75, 3.05) is 43.9 Å². The fourth-order valence-electron chi connectivity index (χ4n) is 3.73. The third-order valence-corrected chi connectivity index (χ3v) is 5.40. The standard InChI is InChI=1S/C22H26F2N4O2/c1-27(2)17-8-5-15(6-9-17)20(28-11-3-4-12-28)14-25-21(29)22(30)26-19-10-7-16(23)13-18(19)24/h5-10,13,20H,3-4,11-12,14H2,1-2H3,(H,25,29)(H,26,30)/p+1/t20-/m0/s1. The molecule has 0 aromatic heterocycles. The normalized spacial score (nSPS) is 14.9. The van der Waals surface area contributed by atoms with Crippen molar-refractivity contribution in [3.8, 4) is 0 Å². The van der Waals surface area contributed by atoms with Gasteiger partial charge in [0.25, 0.3) is 0 Å². The van der Waals surface area contributed by atoms with Crippen LogP contribution in [-0.2, 0) is 9.59 Å². The van der Waals surface area contributed by atoms with Crippen LogP contribution in [0.3, 0.4) is 0 Å². The van der Waals surface area contributed by atoms with Crippen molar-refractivity contribution in [3.05, 3.63) is 59.7 Å². The molecule has 6 nitrogen and oxygen atoms in total. The molecular weight excluding hydrogens is 390 g/mol. The van der Waals surface area contributed by atoms with Crippen molar-refractivity contribution in [2.24, 2.45) is 0 Å². The van der Waals surface area contributed by atoms with Crippen LogP contribution < -0.4 is 20.4 Å². The number of benzene rings is 2. The Balaban J connectivity index is 1.65. The van der Waals surface area contributed by atoms with E-state index in [-0.39, 0.29) is 18.3 Å². The molecule has 0 saturated carbocycles. The Hall–Kier alpha value is -3.00. The average Bonchev–Trinajstić information content (AvgIpc) is 3.25. The molecule has 1 aliphatic rings. The Kier molecular flexibility index (Phi) is 6.99. The van der Waals surface area contributed by atoms with E-state index >= 15 is 0 Å². The summed E-state index contributed by atoms with van der Waals surface area (Å²) in [6.07, 6.45) is 2.25.